The molecule has 1 amide bonds. The van der Waals surface area contributed by atoms with Crippen molar-refractivity contribution in [2.24, 2.45) is 4.99 Å². The van der Waals surface area contributed by atoms with Crippen molar-refractivity contribution in [2.45, 2.75) is 31.1 Å². The number of morpholine rings is 1. The van der Waals surface area contributed by atoms with Crippen molar-refractivity contribution >= 4 is 40.1 Å². The van der Waals surface area contributed by atoms with Gasteiger partial charge in [0.1, 0.15) is 0 Å². The SMILES string of the molecule is CC(C)([OH+]CCN1CC[OH+]CC1)C1(C)SC(=Nc2ccccc2Cl)NC1=O. The molecule has 0 radical (unpaired) electrons. The number of aliphatic imine (C=N–C) groups is 1. The number of ether oxygens (including phenoxy) is 2. The van der Waals surface area contributed by atoms with E-state index in [0.717, 1.165) is 32.8 Å². The minimum Gasteiger partial charge on any atom is -0.432 e. The molecule has 1 aromatic rings. The third-order valence-electron chi connectivity index (χ3n) is 5.27. The zero-order valence-corrected chi connectivity index (χ0v) is 17.6. The molecule has 2 aliphatic rings. The number of aliphatic hydroxyl groups is 4. The van der Waals surface area contributed by atoms with Crippen LogP contribution in [-0.4, -0.2) is 75.3 Å². The summed E-state index contributed by atoms with van der Waals surface area (Å²) in [5, 5.41) is 4.03. The van der Waals surface area contributed by atoms with Crippen LogP contribution in [0.2, 0.25) is 5.02 Å². The van der Waals surface area contributed by atoms with Gasteiger partial charge in [0.25, 0.3) is 5.91 Å². The van der Waals surface area contributed by atoms with Gasteiger partial charge in [0.15, 0.2) is 35.3 Å². The number of hydrogen-bond acceptors (Lipinski definition) is 4. The molecule has 2 saturated heterocycles. The van der Waals surface area contributed by atoms with Crippen molar-refractivity contribution in [2.75, 3.05) is 39.5 Å². The lowest BCUT2D eigenvalue weighted by Gasteiger charge is -2.34. The zero-order chi connectivity index (χ0) is 19.5. The Balaban J connectivity index is 1.64. The molecule has 3 N–H and O–H groups in total. The van der Waals surface area contributed by atoms with Crippen molar-refractivity contribution in [1.82, 2.24) is 10.2 Å². The molecule has 3 rings (SSSR count). The van der Waals surface area contributed by atoms with Gasteiger partial charge in [-0.2, -0.15) is 0 Å². The van der Waals surface area contributed by atoms with E-state index >= 15 is 0 Å². The van der Waals surface area contributed by atoms with Crippen LogP contribution in [0.15, 0.2) is 29.3 Å². The van der Waals surface area contributed by atoms with Gasteiger partial charge < -0.3 is 14.8 Å². The number of amides is 1. The van der Waals surface area contributed by atoms with Gasteiger partial charge in [0.2, 0.25) is 0 Å². The molecule has 2 heterocycles. The molecule has 8 heteroatoms. The zero-order valence-electron chi connectivity index (χ0n) is 16.0. The first kappa shape index (κ1) is 20.6. The van der Waals surface area contributed by atoms with Crippen LogP contribution < -0.4 is 5.32 Å². The number of amidine groups is 1. The summed E-state index contributed by atoms with van der Waals surface area (Å²) in [5.74, 6) is -0.0659. The van der Waals surface area contributed by atoms with E-state index in [9.17, 15) is 4.79 Å². The second kappa shape index (κ2) is 8.49. The molecule has 0 bridgehead atoms. The van der Waals surface area contributed by atoms with Crippen LogP contribution in [0.3, 0.4) is 0 Å². The summed E-state index contributed by atoms with van der Waals surface area (Å²) >= 11 is 7.61. The van der Waals surface area contributed by atoms with Gasteiger partial charge in [0, 0.05) is 13.8 Å². The minimum atomic E-state index is -0.718. The van der Waals surface area contributed by atoms with Gasteiger partial charge in [-0.05, 0) is 19.1 Å². The van der Waals surface area contributed by atoms with Crippen molar-refractivity contribution in [3.8, 4) is 0 Å². The smallest absolute Gasteiger partial charge is 0.250 e. The fraction of sp³-hybridized carbons (Fsp3) is 0.579. The molecule has 1 unspecified atom stereocenters. The molecule has 148 valence electrons. The molecule has 2 aliphatic heterocycles. The van der Waals surface area contributed by atoms with Crippen molar-refractivity contribution < 1.29 is 14.3 Å². The standard InChI is InChI=1S/C19H26ClN3O3S/c1-18(2,26-13-10-23-8-11-25-12-9-23)19(3)16(24)22-17(27-19)21-15-7-5-4-6-14(15)20/h4-7H,8-13H2,1-3H3,(H,21,22,24)/p+2. The van der Waals surface area contributed by atoms with E-state index < -0.39 is 10.3 Å². The average molecular weight is 414 g/mol. The highest BCUT2D eigenvalue weighted by molar-refractivity contribution is 8.16. The summed E-state index contributed by atoms with van der Waals surface area (Å²) in [6, 6.07) is 7.35. The maximum atomic E-state index is 12.8. The monoisotopic (exact) mass is 413 g/mol. The van der Waals surface area contributed by atoms with E-state index in [1.165, 1.54) is 11.8 Å². The van der Waals surface area contributed by atoms with Crippen molar-refractivity contribution in [3.05, 3.63) is 29.3 Å². The Morgan fingerprint density at radius 2 is 2.07 bits per heavy atom. The van der Waals surface area contributed by atoms with Gasteiger partial charge in [-0.1, -0.05) is 35.5 Å². The van der Waals surface area contributed by atoms with E-state index in [-0.39, 0.29) is 5.91 Å². The first-order chi connectivity index (χ1) is 12.8. The summed E-state index contributed by atoms with van der Waals surface area (Å²) in [6.45, 7) is 11.4. The number of rotatable bonds is 6. The van der Waals surface area contributed by atoms with E-state index in [2.05, 4.69) is 19.9 Å². The van der Waals surface area contributed by atoms with Gasteiger partial charge in [0.05, 0.1) is 30.3 Å². The lowest BCUT2D eigenvalue weighted by Crippen LogP contribution is -2.55. The lowest BCUT2D eigenvalue weighted by molar-refractivity contribution is -0.188. The summed E-state index contributed by atoms with van der Waals surface area (Å²) < 4.78 is 8.53. The summed E-state index contributed by atoms with van der Waals surface area (Å²) in [7, 11) is 0. The van der Waals surface area contributed by atoms with Crippen LogP contribution in [-0.2, 0) is 4.79 Å². The molecule has 0 spiro atoms. The number of para-hydroxylation sites is 1. The normalized spacial score (nSPS) is 25.8. The molecular weight excluding hydrogens is 386 g/mol. The summed E-state index contributed by atoms with van der Waals surface area (Å²) in [5.41, 5.74) is 0.121. The fourth-order valence-corrected chi connectivity index (χ4v) is 4.39. The fourth-order valence-electron chi connectivity index (χ4n) is 3.08. The number of carbonyl (C=O) groups is 1. The van der Waals surface area contributed by atoms with Gasteiger partial charge in [-0.15, -0.1) is 0 Å². The maximum Gasteiger partial charge on any atom is 0.250 e. The van der Waals surface area contributed by atoms with Crippen LogP contribution in [0.25, 0.3) is 0 Å². The Hall–Kier alpha value is -1.12. The largest absolute Gasteiger partial charge is 0.432 e. The average Bonchev–Trinajstić information content (AvgIpc) is 2.93. The van der Waals surface area contributed by atoms with Crippen molar-refractivity contribution in [3.63, 3.8) is 0 Å². The Kier molecular flexibility index (Phi) is 6.48. The van der Waals surface area contributed by atoms with Crippen LogP contribution in [0.1, 0.15) is 20.8 Å². The van der Waals surface area contributed by atoms with E-state index in [0.29, 0.717) is 22.5 Å². The highest BCUT2D eigenvalue weighted by atomic mass is 35.5. The van der Waals surface area contributed by atoms with Gasteiger partial charge in [-0.3, -0.25) is 9.69 Å². The van der Waals surface area contributed by atoms with Crippen LogP contribution in [0.4, 0.5) is 5.69 Å². The van der Waals surface area contributed by atoms with Crippen molar-refractivity contribution in [1.29, 1.82) is 0 Å². The van der Waals surface area contributed by atoms with Crippen LogP contribution in [0.5, 0.6) is 0 Å². The Labute approximate surface area is 169 Å². The predicted molar refractivity (Wildman–Crippen MR) is 112 cm³/mol. The lowest BCUT2D eigenvalue weighted by atomic mass is 9.90. The molecule has 0 aliphatic carbocycles. The first-order valence-corrected chi connectivity index (χ1v) is 10.4. The molecule has 2 fully saturated rings. The van der Waals surface area contributed by atoms with Crippen LogP contribution in [0, 0.1) is 0 Å². The predicted octanol–water partition coefficient (Wildman–Crippen LogP) is 2.10. The maximum absolute atomic E-state index is 12.8. The summed E-state index contributed by atoms with van der Waals surface area (Å²) in [6.07, 6.45) is 0. The molecule has 0 aromatic heterocycles. The number of hydrogen-bond donors (Lipinski definition) is 1. The van der Waals surface area contributed by atoms with Gasteiger partial charge in [-0.25, -0.2) is 4.99 Å². The van der Waals surface area contributed by atoms with E-state index in [4.69, 9.17) is 16.3 Å². The second-order valence-corrected chi connectivity index (χ2v) is 9.23. The highest BCUT2D eigenvalue weighted by Crippen LogP contribution is 2.42. The number of carbonyl (C=O) groups excluding carboxylic acids is 1. The number of nitrogens with one attached hydrogen (secondary N) is 1. The Morgan fingerprint density at radius 1 is 1.37 bits per heavy atom. The van der Waals surface area contributed by atoms with E-state index in [1.54, 1.807) is 6.07 Å². The number of nitrogens with zero attached hydrogens (tertiary/aromatic N) is 2. The molecule has 0 saturated carbocycles. The Morgan fingerprint density at radius 3 is 2.78 bits per heavy atom. The van der Waals surface area contributed by atoms with Gasteiger partial charge >= 0.3 is 0 Å². The third-order valence-corrected chi connectivity index (χ3v) is 7.07. The highest BCUT2D eigenvalue weighted by Gasteiger charge is 2.58. The van der Waals surface area contributed by atoms with E-state index in [1.807, 2.05) is 39.0 Å². The molecule has 1 aromatic carbocycles. The molecule has 6 nitrogen and oxygen atoms in total. The quantitative estimate of drug-likeness (QED) is 0.726. The number of benzene rings is 1. The first-order valence-electron chi connectivity index (χ1n) is 9.20. The molecule has 27 heavy (non-hydrogen) atoms. The number of halogens is 1. The second-order valence-electron chi connectivity index (χ2n) is 7.41. The minimum absolute atomic E-state index is 0.0659. The Bertz CT molecular complexity index is 722. The van der Waals surface area contributed by atoms with Crippen LogP contribution >= 0.6 is 23.4 Å². The number of thioether (sulfide) groups is 1. The third kappa shape index (κ3) is 4.66. The molecular formula is C19H28ClN3O3S+2. The topological polar surface area (TPSA) is 70.3 Å². The summed E-state index contributed by atoms with van der Waals surface area (Å²) in [4.78, 5) is 19.7. The molecule has 1 atom stereocenters.